The maximum absolute atomic E-state index is 11.9. The molecule has 1 atom stereocenters. The Labute approximate surface area is 101 Å². The number of piperazine rings is 1. The van der Waals surface area contributed by atoms with Gasteiger partial charge in [0.15, 0.2) is 0 Å². The molecule has 1 amide bonds. The van der Waals surface area contributed by atoms with Gasteiger partial charge in [-0.3, -0.25) is 4.79 Å². The van der Waals surface area contributed by atoms with Crippen LogP contribution in [0.25, 0.3) is 0 Å². The molecular formula is C8H18N4O4S. The molecule has 1 fully saturated rings. The first-order valence-electron chi connectivity index (χ1n) is 5.24. The number of amides is 1. The summed E-state index contributed by atoms with van der Waals surface area (Å²) in [5, 5.41) is 2.93. The molecule has 1 saturated heterocycles. The highest BCUT2D eigenvalue weighted by Gasteiger charge is 2.35. The van der Waals surface area contributed by atoms with Crippen molar-refractivity contribution >= 4 is 16.1 Å². The number of hydrogen-bond donors (Lipinski definition) is 3. The number of rotatable bonds is 6. The summed E-state index contributed by atoms with van der Waals surface area (Å²) in [7, 11) is -2.21. The van der Waals surface area contributed by atoms with Gasteiger partial charge >= 0.3 is 0 Å². The van der Waals surface area contributed by atoms with Crippen molar-refractivity contribution in [2.75, 3.05) is 39.9 Å². The predicted molar refractivity (Wildman–Crippen MR) is 61.4 cm³/mol. The van der Waals surface area contributed by atoms with Gasteiger partial charge in [0.1, 0.15) is 6.04 Å². The zero-order valence-corrected chi connectivity index (χ0v) is 10.5. The van der Waals surface area contributed by atoms with Gasteiger partial charge in [0.05, 0.1) is 6.61 Å². The lowest BCUT2D eigenvalue weighted by Gasteiger charge is -2.32. The van der Waals surface area contributed by atoms with Crippen molar-refractivity contribution in [3.05, 3.63) is 0 Å². The van der Waals surface area contributed by atoms with Gasteiger partial charge in [-0.1, -0.05) is 0 Å². The summed E-state index contributed by atoms with van der Waals surface area (Å²) in [6, 6.07) is -0.844. The van der Waals surface area contributed by atoms with Crippen molar-refractivity contribution in [2.24, 2.45) is 5.73 Å². The van der Waals surface area contributed by atoms with E-state index in [4.69, 9.17) is 10.5 Å². The summed E-state index contributed by atoms with van der Waals surface area (Å²) in [5.74, 6) is -0.658. The summed E-state index contributed by atoms with van der Waals surface area (Å²) < 4.78 is 32.0. The maximum Gasteiger partial charge on any atom is 0.280 e. The van der Waals surface area contributed by atoms with Crippen LogP contribution in [-0.4, -0.2) is 64.6 Å². The second-order valence-electron chi connectivity index (χ2n) is 3.63. The number of nitrogens with zero attached hydrogens (tertiary/aromatic N) is 1. The standard InChI is InChI=1S/C8H18N4O4S/c1-16-5-3-11-17(14,15)12-4-2-10-6-7(12)8(9)13/h7,10-11H,2-6H2,1H3,(H2,9,13). The monoisotopic (exact) mass is 266 g/mol. The largest absolute Gasteiger partial charge is 0.383 e. The molecule has 1 rings (SSSR count). The lowest BCUT2D eigenvalue weighted by atomic mass is 10.2. The van der Waals surface area contributed by atoms with E-state index in [1.807, 2.05) is 0 Å². The second kappa shape index (κ2) is 6.26. The van der Waals surface area contributed by atoms with Crippen molar-refractivity contribution in [3.63, 3.8) is 0 Å². The van der Waals surface area contributed by atoms with E-state index in [-0.39, 0.29) is 26.2 Å². The predicted octanol–water partition coefficient (Wildman–Crippen LogP) is -2.77. The number of nitrogens with two attached hydrogens (primary N) is 1. The average molecular weight is 266 g/mol. The smallest absolute Gasteiger partial charge is 0.280 e. The van der Waals surface area contributed by atoms with Crippen molar-refractivity contribution < 1.29 is 17.9 Å². The minimum Gasteiger partial charge on any atom is -0.383 e. The lowest BCUT2D eigenvalue weighted by molar-refractivity contribution is -0.122. The molecule has 0 bridgehead atoms. The third-order valence-corrected chi connectivity index (χ3v) is 4.05. The minimum absolute atomic E-state index is 0.161. The molecule has 1 aliphatic rings. The zero-order chi connectivity index (χ0) is 12.9. The summed E-state index contributed by atoms with van der Waals surface area (Å²) in [6.45, 7) is 1.38. The van der Waals surface area contributed by atoms with Crippen LogP contribution in [0.1, 0.15) is 0 Å². The normalized spacial score (nSPS) is 22.5. The van der Waals surface area contributed by atoms with E-state index in [1.165, 1.54) is 7.11 Å². The first-order chi connectivity index (χ1) is 7.99. The molecule has 0 spiro atoms. The van der Waals surface area contributed by atoms with E-state index in [0.717, 1.165) is 4.31 Å². The molecular weight excluding hydrogens is 248 g/mol. The third-order valence-electron chi connectivity index (χ3n) is 2.42. The van der Waals surface area contributed by atoms with E-state index in [9.17, 15) is 13.2 Å². The quantitative estimate of drug-likeness (QED) is 0.450. The Hall–Kier alpha value is -0.740. The Balaban J connectivity index is 2.69. The van der Waals surface area contributed by atoms with Crippen LogP contribution >= 0.6 is 0 Å². The van der Waals surface area contributed by atoms with Crippen LogP contribution in [0.5, 0.6) is 0 Å². The Morgan fingerprint density at radius 3 is 2.94 bits per heavy atom. The van der Waals surface area contributed by atoms with Crippen molar-refractivity contribution in [3.8, 4) is 0 Å². The molecule has 0 aromatic carbocycles. The topological polar surface area (TPSA) is 114 Å². The summed E-state index contributed by atoms with van der Waals surface area (Å²) in [4.78, 5) is 11.2. The Kier molecular flexibility index (Phi) is 5.28. The van der Waals surface area contributed by atoms with Gasteiger partial charge in [-0.2, -0.15) is 17.4 Å². The van der Waals surface area contributed by atoms with E-state index >= 15 is 0 Å². The van der Waals surface area contributed by atoms with Gasteiger partial charge in [0.2, 0.25) is 5.91 Å². The van der Waals surface area contributed by atoms with Gasteiger partial charge in [-0.15, -0.1) is 0 Å². The number of methoxy groups -OCH3 is 1. The molecule has 0 saturated carbocycles. The number of nitrogens with one attached hydrogen (secondary N) is 2. The van der Waals surface area contributed by atoms with Crippen LogP contribution in [0.3, 0.4) is 0 Å². The van der Waals surface area contributed by atoms with E-state index in [0.29, 0.717) is 6.54 Å². The van der Waals surface area contributed by atoms with Crippen molar-refractivity contribution in [1.82, 2.24) is 14.3 Å². The maximum atomic E-state index is 11.9. The van der Waals surface area contributed by atoms with Crippen LogP contribution in [-0.2, 0) is 19.7 Å². The fourth-order valence-electron chi connectivity index (χ4n) is 1.57. The number of hydrogen-bond acceptors (Lipinski definition) is 5. The molecule has 17 heavy (non-hydrogen) atoms. The molecule has 100 valence electrons. The van der Waals surface area contributed by atoms with Crippen LogP contribution in [0.4, 0.5) is 0 Å². The number of primary amides is 1. The molecule has 0 radical (unpaired) electrons. The van der Waals surface area contributed by atoms with Gasteiger partial charge in [0.25, 0.3) is 10.2 Å². The molecule has 1 heterocycles. The highest BCUT2D eigenvalue weighted by atomic mass is 32.2. The van der Waals surface area contributed by atoms with Crippen molar-refractivity contribution in [1.29, 1.82) is 0 Å². The SMILES string of the molecule is COCCNS(=O)(=O)N1CCNCC1C(N)=O. The van der Waals surface area contributed by atoms with Crippen LogP contribution in [0.2, 0.25) is 0 Å². The highest BCUT2D eigenvalue weighted by Crippen LogP contribution is 2.07. The first kappa shape index (κ1) is 14.3. The average Bonchev–Trinajstić information content (AvgIpc) is 2.29. The molecule has 4 N–H and O–H groups in total. The Morgan fingerprint density at radius 1 is 1.65 bits per heavy atom. The van der Waals surface area contributed by atoms with Gasteiger partial charge < -0.3 is 15.8 Å². The molecule has 1 aliphatic heterocycles. The lowest BCUT2D eigenvalue weighted by Crippen LogP contribution is -2.61. The van der Waals surface area contributed by atoms with Crippen molar-refractivity contribution in [2.45, 2.75) is 6.04 Å². The molecule has 0 aromatic heterocycles. The first-order valence-corrected chi connectivity index (χ1v) is 6.68. The third kappa shape index (κ3) is 3.89. The Morgan fingerprint density at radius 2 is 2.35 bits per heavy atom. The Bertz CT molecular complexity index is 359. The van der Waals surface area contributed by atoms with Gasteiger partial charge in [0, 0.05) is 33.3 Å². The molecule has 0 aliphatic carbocycles. The van der Waals surface area contributed by atoms with Crippen LogP contribution in [0.15, 0.2) is 0 Å². The molecule has 0 aromatic rings. The molecule has 8 nitrogen and oxygen atoms in total. The molecule has 9 heteroatoms. The van der Waals surface area contributed by atoms with Gasteiger partial charge in [-0.05, 0) is 0 Å². The summed E-state index contributed by atoms with van der Waals surface area (Å²) in [5.41, 5.74) is 5.17. The summed E-state index contributed by atoms with van der Waals surface area (Å²) >= 11 is 0. The van der Waals surface area contributed by atoms with E-state index < -0.39 is 22.2 Å². The fraction of sp³-hybridized carbons (Fsp3) is 0.875. The number of carbonyl (C=O) groups excluding carboxylic acids is 1. The highest BCUT2D eigenvalue weighted by molar-refractivity contribution is 7.87. The van der Waals surface area contributed by atoms with Gasteiger partial charge in [-0.25, -0.2) is 0 Å². The van der Waals surface area contributed by atoms with E-state index in [1.54, 1.807) is 0 Å². The minimum atomic E-state index is -3.69. The van der Waals surface area contributed by atoms with Crippen LogP contribution in [0, 0.1) is 0 Å². The number of ether oxygens (including phenoxy) is 1. The fourth-order valence-corrected chi connectivity index (χ4v) is 2.92. The zero-order valence-electron chi connectivity index (χ0n) is 9.68. The summed E-state index contributed by atoms with van der Waals surface area (Å²) in [6.07, 6.45) is 0. The number of carbonyl (C=O) groups is 1. The second-order valence-corrected chi connectivity index (χ2v) is 5.33. The molecule has 1 unspecified atom stereocenters. The van der Waals surface area contributed by atoms with Crippen LogP contribution < -0.4 is 15.8 Å². The van der Waals surface area contributed by atoms with E-state index in [2.05, 4.69) is 10.0 Å².